The van der Waals surface area contributed by atoms with Crippen LogP contribution >= 0.6 is 0 Å². The van der Waals surface area contributed by atoms with E-state index in [2.05, 4.69) is 6.92 Å². The Labute approximate surface area is 119 Å². The summed E-state index contributed by atoms with van der Waals surface area (Å²) in [5.74, 6) is -0.0693. The molecule has 0 atom stereocenters. The average molecular weight is 275 g/mol. The molecular formula is C16H21NO3. The second-order valence-electron chi connectivity index (χ2n) is 4.87. The van der Waals surface area contributed by atoms with E-state index in [1.54, 1.807) is 4.90 Å². The first kappa shape index (κ1) is 14.6. The maximum absolute atomic E-state index is 12.6. The quantitative estimate of drug-likeness (QED) is 0.790. The third-order valence-corrected chi connectivity index (χ3v) is 3.40. The maximum Gasteiger partial charge on any atom is 0.257 e. The van der Waals surface area contributed by atoms with E-state index in [1.807, 2.05) is 24.3 Å². The fourth-order valence-corrected chi connectivity index (χ4v) is 2.30. The van der Waals surface area contributed by atoms with Crippen molar-refractivity contribution in [2.24, 2.45) is 0 Å². The molecular weight excluding hydrogens is 254 g/mol. The number of amides is 1. The minimum atomic E-state index is -0.0693. The Hall–Kier alpha value is -1.81. The van der Waals surface area contributed by atoms with Gasteiger partial charge in [-0.1, -0.05) is 38.0 Å². The molecule has 20 heavy (non-hydrogen) atoms. The van der Waals surface area contributed by atoms with Crippen molar-refractivity contribution < 1.29 is 14.3 Å². The smallest absolute Gasteiger partial charge is 0.257 e. The fraction of sp³-hybridized carbons (Fsp3) is 0.438. The largest absolute Gasteiger partial charge is 0.463 e. The summed E-state index contributed by atoms with van der Waals surface area (Å²) in [5, 5.41) is 9.97. The lowest BCUT2D eigenvalue weighted by atomic mass is 10.1. The molecule has 0 bridgehead atoms. The molecule has 0 aliphatic carbocycles. The second kappa shape index (κ2) is 7.10. The Morgan fingerprint density at radius 2 is 2.05 bits per heavy atom. The number of hydrogen-bond donors (Lipinski definition) is 1. The number of unbranched alkanes of at least 4 members (excludes halogenated alkanes) is 2. The SMILES string of the molecule is CCCCCN(CCO)C(=O)c1coc2ccccc12. The molecule has 2 aromatic rings. The van der Waals surface area contributed by atoms with E-state index >= 15 is 0 Å². The molecule has 1 N–H and O–H groups in total. The summed E-state index contributed by atoms with van der Waals surface area (Å²) >= 11 is 0. The van der Waals surface area contributed by atoms with Crippen LogP contribution in [0, 0.1) is 0 Å². The lowest BCUT2D eigenvalue weighted by Gasteiger charge is -2.21. The molecule has 0 aliphatic rings. The Kier molecular flexibility index (Phi) is 5.18. The summed E-state index contributed by atoms with van der Waals surface area (Å²) in [6, 6.07) is 7.50. The second-order valence-corrected chi connectivity index (χ2v) is 4.87. The summed E-state index contributed by atoms with van der Waals surface area (Å²) in [4.78, 5) is 14.3. The van der Waals surface area contributed by atoms with E-state index in [-0.39, 0.29) is 12.5 Å². The van der Waals surface area contributed by atoms with Gasteiger partial charge < -0.3 is 14.4 Å². The molecule has 1 amide bonds. The number of aliphatic hydroxyl groups excluding tert-OH is 1. The van der Waals surface area contributed by atoms with Gasteiger partial charge in [0, 0.05) is 18.5 Å². The van der Waals surface area contributed by atoms with Gasteiger partial charge in [0.2, 0.25) is 0 Å². The molecule has 4 heteroatoms. The Bertz CT molecular complexity index is 562. The summed E-state index contributed by atoms with van der Waals surface area (Å²) in [6.45, 7) is 3.14. The highest BCUT2D eigenvalue weighted by molar-refractivity contribution is 6.05. The van der Waals surface area contributed by atoms with E-state index in [9.17, 15) is 4.79 Å². The third-order valence-electron chi connectivity index (χ3n) is 3.40. The van der Waals surface area contributed by atoms with Gasteiger partial charge in [0.15, 0.2) is 0 Å². The molecule has 0 saturated carbocycles. The molecule has 0 spiro atoms. The van der Waals surface area contributed by atoms with Gasteiger partial charge in [-0.15, -0.1) is 0 Å². The minimum absolute atomic E-state index is 0.0202. The van der Waals surface area contributed by atoms with Gasteiger partial charge in [0.25, 0.3) is 5.91 Å². The number of hydrogen-bond acceptors (Lipinski definition) is 3. The molecule has 0 fully saturated rings. The van der Waals surface area contributed by atoms with Crippen LogP contribution in [0.5, 0.6) is 0 Å². The lowest BCUT2D eigenvalue weighted by Crippen LogP contribution is -2.34. The summed E-state index contributed by atoms with van der Waals surface area (Å²) in [6.07, 6.45) is 4.66. The molecule has 0 saturated heterocycles. The number of furan rings is 1. The standard InChI is InChI=1S/C16H21NO3/c1-2-3-6-9-17(10-11-18)16(19)14-12-20-15-8-5-4-7-13(14)15/h4-5,7-8,12,18H,2-3,6,9-11H2,1H3. The molecule has 0 radical (unpaired) electrons. The predicted molar refractivity (Wildman–Crippen MR) is 78.7 cm³/mol. The number of aliphatic hydroxyl groups is 1. The third kappa shape index (κ3) is 3.20. The first-order chi connectivity index (χ1) is 9.77. The minimum Gasteiger partial charge on any atom is -0.463 e. The summed E-state index contributed by atoms with van der Waals surface area (Å²) < 4.78 is 5.41. The average Bonchev–Trinajstić information content (AvgIpc) is 2.90. The van der Waals surface area contributed by atoms with E-state index < -0.39 is 0 Å². The van der Waals surface area contributed by atoms with Crippen LogP contribution in [-0.4, -0.2) is 35.6 Å². The highest BCUT2D eigenvalue weighted by Crippen LogP contribution is 2.22. The van der Waals surface area contributed by atoms with Crippen LogP contribution in [0.1, 0.15) is 36.5 Å². The van der Waals surface area contributed by atoms with Gasteiger partial charge in [-0.2, -0.15) is 0 Å². The number of carbonyl (C=O) groups is 1. The van der Waals surface area contributed by atoms with Crippen molar-refractivity contribution in [3.8, 4) is 0 Å². The Balaban J connectivity index is 2.17. The normalized spacial score (nSPS) is 10.9. The lowest BCUT2D eigenvalue weighted by molar-refractivity contribution is 0.0719. The zero-order valence-electron chi connectivity index (χ0n) is 11.8. The van der Waals surface area contributed by atoms with Crippen molar-refractivity contribution in [3.05, 3.63) is 36.1 Å². The van der Waals surface area contributed by atoms with Gasteiger partial charge in [-0.05, 0) is 12.5 Å². The summed E-state index contributed by atoms with van der Waals surface area (Å²) in [5.41, 5.74) is 1.29. The first-order valence-corrected chi connectivity index (χ1v) is 7.14. The van der Waals surface area contributed by atoms with Crippen molar-refractivity contribution in [3.63, 3.8) is 0 Å². The van der Waals surface area contributed by atoms with Crippen LogP contribution < -0.4 is 0 Å². The van der Waals surface area contributed by atoms with Gasteiger partial charge in [-0.3, -0.25) is 4.79 Å². The maximum atomic E-state index is 12.6. The Morgan fingerprint density at radius 1 is 1.25 bits per heavy atom. The number of para-hydroxylation sites is 1. The zero-order chi connectivity index (χ0) is 14.4. The van der Waals surface area contributed by atoms with Crippen molar-refractivity contribution >= 4 is 16.9 Å². The highest BCUT2D eigenvalue weighted by atomic mass is 16.3. The first-order valence-electron chi connectivity index (χ1n) is 7.14. The van der Waals surface area contributed by atoms with Crippen LogP contribution in [-0.2, 0) is 0 Å². The molecule has 108 valence electrons. The predicted octanol–water partition coefficient (Wildman–Crippen LogP) is 3.06. The van der Waals surface area contributed by atoms with Crippen molar-refractivity contribution in [2.45, 2.75) is 26.2 Å². The molecule has 1 aromatic heterocycles. The number of benzene rings is 1. The number of nitrogens with zero attached hydrogens (tertiary/aromatic N) is 1. The van der Waals surface area contributed by atoms with Crippen LogP contribution in [0.15, 0.2) is 34.9 Å². The van der Waals surface area contributed by atoms with Crippen molar-refractivity contribution in [1.29, 1.82) is 0 Å². The fourth-order valence-electron chi connectivity index (χ4n) is 2.30. The molecule has 0 aliphatic heterocycles. The van der Waals surface area contributed by atoms with Crippen LogP contribution in [0.4, 0.5) is 0 Å². The number of fused-ring (bicyclic) bond motifs is 1. The molecule has 0 unspecified atom stereocenters. The number of rotatable bonds is 7. The van der Waals surface area contributed by atoms with Crippen LogP contribution in [0.3, 0.4) is 0 Å². The van der Waals surface area contributed by atoms with Crippen molar-refractivity contribution in [1.82, 2.24) is 4.90 Å². The molecule has 1 heterocycles. The monoisotopic (exact) mass is 275 g/mol. The van der Waals surface area contributed by atoms with E-state index in [1.165, 1.54) is 6.26 Å². The van der Waals surface area contributed by atoms with Gasteiger partial charge in [0.1, 0.15) is 11.8 Å². The van der Waals surface area contributed by atoms with E-state index in [4.69, 9.17) is 9.52 Å². The Morgan fingerprint density at radius 3 is 2.80 bits per heavy atom. The molecule has 2 rings (SSSR count). The highest BCUT2D eigenvalue weighted by Gasteiger charge is 2.19. The van der Waals surface area contributed by atoms with Gasteiger partial charge >= 0.3 is 0 Å². The van der Waals surface area contributed by atoms with Crippen LogP contribution in [0.25, 0.3) is 11.0 Å². The van der Waals surface area contributed by atoms with Gasteiger partial charge in [-0.25, -0.2) is 0 Å². The molecule has 4 nitrogen and oxygen atoms in total. The number of carbonyl (C=O) groups excluding carboxylic acids is 1. The van der Waals surface area contributed by atoms with Gasteiger partial charge in [0.05, 0.1) is 12.2 Å². The van der Waals surface area contributed by atoms with E-state index in [0.717, 1.165) is 24.6 Å². The van der Waals surface area contributed by atoms with E-state index in [0.29, 0.717) is 24.2 Å². The van der Waals surface area contributed by atoms with Crippen LogP contribution in [0.2, 0.25) is 0 Å². The van der Waals surface area contributed by atoms with Crippen molar-refractivity contribution in [2.75, 3.05) is 19.7 Å². The topological polar surface area (TPSA) is 53.7 Å². The zero-order valence-corrected chi connectivity index (χ0v) is 11.8. The molecule has 1 aromatic carbocycles. The summed E-state index contributed by atoms with van der Waals surface area (Å²) in [7, 11) is 0.